The highest BCUT2D eigenvalue weighted by Gasteiger charge is 2.25. The minimum atomic E-state index is -0.362. The van der Waals surface area contributed by atoms with Gasteiger partial charge in [-0.15, -0.1) is 0 Å². The number of carbonyl (C=O) groups excluding carboxylic acids is 1. The number of rotatable bonds is 5. The summed E-state index contributed by atoms with van der Waals surface area (Å²) in [7, 11) is 0. The van der Waals surface area contributed by atoms with Gasteiger partial charge < -0.3 is 20.2 Å². The first-order chi connectivity index (χ1) is 10.1. The Balaban J connectivity index is 2.15. The number of hydrogen-bond donors (Lipinski definition) is 3. The quantitative estimate of drug-likeness (QED) is 0.692. The van der Waals surface area contributed by atoms with Gasteiger partial charge in [0.15, 0.2) is 5.17 Å². The molecule has 3 N–H and O–H groups in total. The summed E-state index contributed by atoms with van der Waals surface area (Å²) in [4.78, 5) is 17.9. The van der Waals surface area contributed by atoms with Gasteiger partial charge in [0.2, 0.25) is 0 Å². The zero-order valence-electron chi connectivity index (χ0n) is 11.3. The van der Waals surface area contributed by atoms with E-state index in [2.05, 4.69) is 4.99 Å². The molecule has 1 aliphatic heterocycles. The number of amidine groups is 1. The number of hydrogen-bond acceptors (Lipinski definition) is 6. The molecule has 0 atom stereocenters. The number of phenolic OH excluding ortho intramolecular Hbond substituents is 1. The van der Waals surface area contributed by atoms with E-state index >= 15 is 0 Å². The molecule has 0 unspecified atom stereocenters. The SMILES string of the molecule is O=C1N=C(N(CCO)CCO)S/C1=C/c1cccc(O)c1. The molecule has 112 valence electrons. The molecule has 0 aromatic heterocycles. The lowest BCUT2D eigenvalue weighted by atomic mass is 10.2. The lowest BCUT2D eigenvalue weighted by Gasteiger charge is -2.20. The summed E-state index contributed by atoms with van der Waals surface area (Å²) < 4.78 is 0. The minimum Gasteiger partial charge on any atom is -0.508 e. The number of aliphatic hydroxyl groups is 2. The van der Waals surface area contributed by atoms with Crippen LogP contribution in [0.5, 0.6) is 5.75 Å². The number of phenols is 1. The number of benzene rings is 1. The fourth-order valence-electron chi connectivity index (χ4n) is 1.84. The average molecular weight is 308 g/mol. The Morgan fingerprint density at radius 1 is 1.24 bits per heavy atom. The van der Waals surface area contributed by atoms with Gasteiger partial charge in [0, 0.05) is 13.1 Å². The van der Waals surface area contributed by atoms with Crippen LogP contribution < -0.4 is 0 Å². The normalized spacial score (nSPS) is 16.4. The first-order valence-electron chi connectivity index (χ1n) is 6.42. The van der Waals surface area contributed by atoms with Crippen LogP contribution in [0.25, 0.3) is 6.08 Å². The summed E-state index contributed by atoms with van der Waals surface area (Å²) in [5.41, 5.74) is 0.707. The number of nitrogens with zero attached hydrogens (tertiary/aromatic N) is 2. The van der Waals surface area contributed by atoms with E-state index in [1.54, 1.807) is 35.2 Å². The van der Waals surface area contributed by atoms with Crippen molar-refractivity contribution in [2.24, 2.45) is 4.99 Å². The number of carbonyl (C=O) groups is 1. The summed E-state index contributed by atoms with van der Waals surface area (Å²) in [6.45, 7) is 0.441. The molecular formula is C14H16N2O4S. The molecule has 0 aliphatic carbocycles. The second-order valence-corrected chi connectivity index (χ2v) is 5.35. The molecule has 0 saturated heterocycles. The van der Waals surface area contributed by atoms with E-state index in [4.69, 9.17) is 10.2 Å². The maximum absolute atomic E-state index is 11.9. The number of aliphatic imine (C=N–C) groups is 1. The number of aromatic hydroxyl groups is 1. The van der Waals surface area contributed by atoms with E-state index in [0.29, 0.717) is 28.7 Å². The van der Waals surface area contributed by atoms with Crippen molar-refractivity contribution in [1.82, 2.24) is 4.90 Å². The third kappa shape index (κ3) is 4.07. The van der Waals surface area contributed by atoms with Gasteiger partial charge in [-0.3, -0.25) is 4.79 Å². The van der Waals surface area contributed by atoms with Gasteiger partial charge in [0.05, 0.1) is 18.1 Å². The van der Waals surface area contributed by atoms with Gasteiger partial charge in [-0.2, -0.15) is 4.99 Å². The molecule has 0 radical (unpaired) electrons. The Kier molecular flexibility index (Phi) is 5.38. The molecule has 1 aromatic carbocycles. The van der Waals surface area contributed by atoms with Crippen LogP contribution in [-0.2, 0) is 4.79 Å². The van der Waals surface area contributed by atoms with Crippen molar-refractivity contribution in [3.63, 3.8) is 0 Å². The van der Waals surface area contributed by atoms with Crippen LogP contribution in [0.4, 0.5) is 0 Å². The van der Waals surface area contributed by atoms with E-state index in [1.807, 2.05) is 0 Å². The number of aliphatic hydroxyl groups excluding tert-OH is 2. The van der Waals surface area contributed by atoms with Crippen molar-refractivity contribution in [2.45, 2.75) is 0 Å². The number of thioether (sulfide) groups is 1. The lowest BCUT2D eigenvalue weighted by Crippen LogP contribution is -2.33. The smallest absolute Gasteiger partial charge is 0.286 e. The molecular weight excluding hydrogens is 292 g/mol. The summed E-state index contributed by atoms with van der Waals surface area (Å²) in [6.07, 6.45) is 1.65. The Labute approximate surface area is 126 Å². The highest BCUT2D eigenvalue weighted by atomic mass is 32.2. The van der Waals surface area contributed by atoms with E-state index < -0.39 is 0 Å². The van der Waals surface area contributed by atoms with Crippen LogP contribution in [0, 0.1) is 0 Å². The largest absolute Gasteiger partial charge is 0.508 e. The van der Waals surface area contributed by atoms with Crippen LogP contribution >= 0.6 is 11.8 Å². The van der Waals surface area contributed by atoms with Gasteiger partial charge in [0.1, 0.15) is 5.75 Å². The van der Waals surface area contributed by atoms with Gasteiger partial charge >= 0.3 is 0 Å². The summed E-state index contributed by atoms with van der Waals surface area (Å²) >= 11 is 1.19. The molecule has 21 heavy (non-hydrogen) atoms. The van der Waals surface area contributed by atoms with Crippen LogP contribution in [-0.4, -0.2) is 57.6 Å². The molecule has 1 aliphatic rings. The van der Waals surface area contributed by atoms with Gasteiger partial charge in [-0.1, -0.05) is 12.1 Å². The highest BCUT2D eigenvalue weighted by Crippen LogP contribution is 2.30. The molecule has 0 spiro atoms. The van der Waals surface area contributed by atoms with Gasteiger partial charge in [-0.05, 0) is 35.5 Å². The van der Waals surface area contributed by atoms with Crippen LogP contribution in [0.2, 0.25) is 0 Å². The number of amides is 1. The van der Waals surface area contributed by atoms with Gasteiger partial charge in [-0.25, -0.2) is 0 Å². The monoisotopic (exact) mass is 308 g/mol. The zero-order chi connectivity index (χ0) is 15.2. The van der Waals surface area contributed by atoms with Crippen LogP contribution in [0.15, 0.2) is 34.2 Å². The molecule has 0 bridgehead atoms. The minimum absolute atomic E-state index is 0.0840. The molecule has 1 aromatic rings. The van der Waals surface area contributed by atoms with Crippen LogP contribution in [0.3, 0.4) is 0 Å². The molecule has 6 nitrogen and oxygen atoms in total. The second-order valence-electron chi connectivity index (χ2n) is 4.34. The van der Waals surface area contributed by atoms with Crippen molar-refractivity contribution >= 4 is 28.9 Å². The van der Waals surface area contributed by atoms with Crippen molar-refractivity contribution in [2.75, 3.05) is 26.3 Å². The average Bonchev–Trinajstić information content (AvgIpc) is 2.80. The van der Waals surface area contributed by atoms with E-state index in [0.717, 1.165) is 0 Å². The maximum Gasteiger partial charge on any atom is 0.286 e. The van der Waals surface area contributed by atoms with Gasteiger partial charge in [0.25, 0.3) is 5.91 Å². The highest BCUT2D eigenvalue weighted by molar-refractivity contribution is 8.18. The Bertz CT molecular complexity index is 580. The first-order valence-corrected chi connectivity index (χ1v) is 7.24. The lowest BCUT2D eigenvalue weighted by molar-refractivity contribution is -0.113. The molecule has 1 amide bonds. The van der Waals surface area contributed by atoms with E-state index in [1.165, 1.54) is 11.8 Å². The summed E-state index contributed by atoms with van der Waals surface area (Å²) in [5.74, 6) is -0.234. The predicted molar refractivity (Wildman–Crippen MR) is 81.9 cm³/mol. The van der Waals surface area contributed by atoms with E-state index in [9.17, 15) is 9.90 Å². The third-order valence-corrected chi connectivity index (χ3v) is 3.83. The Morgan fingerprint density at radius 2 is 1.95 bits per heavy atom. The van der Waals surface area contributed by atoms with Crippen molar-refractivity contribution in [1.29, 1.82) is 0 Å². The summed E-state index contributed by atoms with van der Waals surface area (Å²) in [6, 6.07) is 6.57. The zero-order valence-corrected chi connectivity index (χ0v) is 12.1. The first kappa shape index (κ1) is 15.6. The maximum atomic E-state index is 11.9. The molecule has 2 rings (SSSR count). The molecule has 0 saturated carbocycles. The Hall–Kier alpha value is -1.83. The molecule has 7 heteroatoms. The second kappa shape index (κ2) is 7.26. The third-order valence-electron chi connectivity index (χ3n) is 2.79. The van der Waals surface area contributed by atoms with Crippen LogP contribution in [0.1, 0.15) is 5.56 Å². The predicted octanol–water partition coefficient (Wildman–Crippen LogP) is 0.649. The Morgan fingerprint density at radius 3 is 2.57 bits per heavy atom. The molecule has 0 fully saturated rings. The van der Waals surface area contributed by atoms with Crippen molar-refractivity contribution < 1.29 is 20.1 Å². The van der Waals surface area contributed by atoms with Crippen molar-refractivity contribution in [3.8, 4) is 5.75 Å². The summed E-state index contributed by atoms with van der Waals surface area (Å²) in [5, 5.41) is 27.9. The molecule has 1 heterocycles. The fourth-order valence-corrected chi connectivity index (χ4v) is 2.81. The topological polar surface area (TPSA) is 93.4 Å². The van der Waals surface area contributed by atoms with E-state index in [-0.39, 0.29) is 24.9 Å². The standard InChI is InChI=1S/C14H16N2O4S/c17-6-4-16(5-7-18)14-15-13(20)12(21-14)9-10-2-1-3-11(19)8-10/h1-3,8-9,17-19H,4-7H2/b12-9+. The van der Waals surface area contributed by atoms with Crippen molar-refractivity contribution in [3.05, 3.63) is 34.7 Å². The fraction of sp³-hybridized carbons (Fsp3) is 0.286.